The van der Waals surface area contributed by atoms with Crippen LogP contribution in [0.25, 0.3) is 10.2 Å². The summed E-state index contributed by atoms with van der Waals surface area (Å²) < 4.78 is 5.76. The van der Waals surface area contributed by atoms with Crippen molar-refractivity contribution in [3.8, 4) is 0 Å². The molecule has 0 bridgehead atoms. The fraction of sp³-hybridized carbons (Fsp3) is 0.462. The van der Waals surface area contributed by atoms with Crippen molar-refractivity contribution in [2.45, 2.75) is 32.3 Å². The lowest BCUT2D eigenvalue weighted by Crippen LogP contribution is -2.27. The van der Waals surface area contributed by atoms with Crippen molar-refractivity contribution in [2.24, 2.45) is 0 Å². The average Bonchev–Trinajstić information content (AvgIpc) is 2.59. The molecule has 0 amide bonds. The van der Waals surface area contributed by atoms with E-state index in [1.807, 2.05) is 13.8 Å². The molecule has 2 aromatic heterocycles. The number of aromatic carboxylic acids is 1. The van der Waals surface area contributed by atoms with Crippen LogP contribution < -0.4 is 5.56 Å². The summed E-state index contributed by atoms with van der Waals surface area (Å²) >= 11 is 1.39. The first-order chi connectivity index (χ1) is 9.37. The summed E-state index contributed by atoms with van der Waals surface area (Å²) in [5.74, 6) is -1.54. The molecular formula is C13H14N2O4S. The molecular weight excluding hydrogens is 280 g/mol. The highest BCUT2D eigenvalue weighted by molar-refractivity contribution is 7.18. The molecule has 106 valence electrons. The third-order valence-electron chi connectivity index (χ3n) is 3.37. The minimum Gasteiger partial charge on any atom is -0.475 e. The zero-order valence-electron chi connectivity index (χ0n) is 11.1. The number of H-pyrrole nitrogens is 1. The number of fused-ring (bicyclic) bond motifs is 3. The van der Waals surface area contributed by atoms with Gasteiger partial charge in [-0.3, -0.25) is 4.79 Å². The van der Waals surface area contributed by atoms with Crippen LogP contribution in [0.4, 0.5) is 0 Å². The Balaban J connectivity index is 2.27. The van der Waals surface area contributed by atoms with Gasteiger partial charge < -0.3 is 14.8 Å². The summed E-state index contributed by atoms with van der Waals surface area (Å²) in [5.41, 5.74) is 0.220. The molecule has 0 fully saturated rings. The maximum Gasteiger partial charge on any atom is 0.372 e. The van der Waals surface area contributed by atoms with Crippen LogP contribution in [0.15, 0.2) is 4.79 Å². The van der Waals surface area contributed by atoms with Crippen LogP contribution in [-0.2, 0) is 17.6 Å². The van der Waals surface area contributed by atoms with Gasteiger partial charge in [-0.25, -0.2) is 9.78 Å². The number of hydrogen-bond acceptors (Lipinski definition) is 5. The van der Waals surface area contributed by atoms with Crippen LogP contribution in [0.3, 0.4) is 0 Å². The van der Waals surface area contributed by atoms with Crippen molar-refractivity contribution in [3.63, 3.8) is 0 Å². The lowest BCUT2D eigenvalue weighted by Gasteiger charge is -2.22. The van der Waals surface area contributed by atoms with Gasteiger partial charge in [0.25, 0.3) is 5.56 Å². The molecule has 2 aromatic rings. The van der Waals surface area contributed by atoms with Crippen molar-refractivity contribution in [1.82, 2.24) is 9.97 Å². The number of aromatic nitrogens is 2. The van der Waals surface area contributed by atoms with Gasteiger partial charge in [-0.15, -0.1) is 11.3 Å². The van der Waals surface area contributed by atoms with Gasteiger partial charge in [-0.05, 0) is 19.4 Å². The number of aromatic amines is 1. The second-order valence-corrected chi connectivity index (χ2v) is 6.52. The standard InChI is InChI=1S/C13H14N2O4S/c1-13(2)5-6-7(3-4-19-13)20-11-8(6)10(16)14-9(15-11)12(17)18/h3-5H2,1-2H3,(H,17,18)(H,14,15,16). The lowest BCUT2D eigenvalue weighted by molar-refractivity contribution is -0.0101. The minimum atomic E-state index is -1.23. The Morgan fingerprint density at radius 3 is 2.95 bits per heavy atom. The van der Waals surface area contributed by atoms with Gasteiger partial charge >= 0.3 is 5.97 Å². The predicted octanol–water partition coefficient (Wildman–Crippen LogP) is 1.58. The third kappa shape index (κ3) is 2.12. The van der Waals surface area contributed by atoms with E-state index in [2.05, 4.69) is 9.97 Å². The molecule has 3 rings (SSSR count). The number of rotatable bonds is 1. The van der Waals surface area contributed by atoms with Gasteiger partial charge in [0.05, 0.1) is 17.6 Å². The van der Waals surface area contributed by atoms with Gasteiger partial charge in [-0.1, -0.05) is 0 Å². The SMILES string of the molecule is CC1(C)Cc2c(sc3nc(C(=O)O)[nH]c(=O)c23)CCO1. The number of carbonyl (C=O) groups is 1. The highest BCUT2D eigenvalue weighted by Crippen LogP contribution is 2.34. The van der Waals surface area contributed by atoms with Crippen molar-refractivity contribution >= 4 is 27.5 Å². The van der Waals surface area contributed by atoms with Gasteiger partial charge in [0.1, 0.15) is 4.83 Å². The van der Waals surface area contributed by atoms with E-state index in [4.69, 9.17) is 9.84 Å². The molecule has 7 heteroatoms. The highest BCUT2D eigenvalue weighted by Gasteiger charge is 2.28. The van der Waals surface area contributed by atoms with E-state index in [1.54, 1.807) is 0 Å². The fourth-order valence-electron chi connectivity index (χ4n) is 2.50. The van der Waals surface area contributed by atoms with E-state index in [0.29, 0.717) is 23.2 Å². The molecule has 2 N–H and O–H groups in total. The van der Waals surface area contributed by atoms with Crippen molar-refractivity contribution < 1.29 is 14.6 Å². The molecule has 0 radical (unpaired) electrons. The number of carboxylic acid groups (broad SMARTS) is 1. The molecule has 0 saturated carbocycles. The second kappa shape index (κ2) is 4.39. The van der Waals surface area contributed by atoms with Crippen LogP contribution in [0, 0.1) is 0 Å². The second-order valence-electron chi connectivity index (χ2n) is 5.44. The Kier molecular flexibility index (Phi) is 2.91. The number of thiophene rings is 1. The first kappa shape index (κ1) is 13.3. The summed E-state index contributed by atoms with van der Waals surface area (Å²) in [6, 6.07) is 0. The third-order valence-corrected chi connectivity index (χ3v) is 4.56. The van der Waals surface area contributed by atoms with E-state index in [9.17, 15) is 9.59 Å². The van der Waals surface area contributed by atoms with Crippen LogP contribution >= 0.6 is 11.3 Å². The average molecular weight is 294 g/mol. The van der Waals surface area contributed by atoms with Crippen LogP contribution in [0.5, 0.6) is 0 Å². The minimum absolute atomic E-state index is 0.311. The summed E-state index contributed by atoms with van der Waals surface area (Å²) in [6.45, 7) is 4.56. The van der Waals surface area contributed by atoms with Gasteiger partial charge in [-0.2, -0.15) is 0 Å². The molecule has 0 aromatic carbocycles. The monoisotopic (exact) mass is 294 g/mol. The molecule has 0 aliphatic carbocycles. The Hall–Kier alpha value is -1.73. The first-order valence-corrected chi connectivity index (χ1v) is 7.11. The molecule has 0 saturated heterocycles. The summed E-state index contributed by atoms with van der Waals surface area (Å²) in [4.78, 5) is 31.0. The van der Waals surface area contributed by atoms with E-state index in [-0.39, 0.29) is 17.0 Å². The van der Waals surface area contributed by atoms with E-state index in [1.165, 1.54) is 11.3 Å². The quantitative estimate of drug-likeness (QED) is 0.833. The van der Waals surface area contributed by atoms with E-state index >= 15 is 0 Å². The van der Waals surface area contributed by atoms with Crippen molar-refractivity contribution in [2.75, 3.05) is 6.61 Å². The topological polar surface area (TPSA) is 92.3 Å². The number of nitrogens with zero attached hydrogens (tertiary/aromatic N) is 1. The molecule has 0 atom stereocenters. The van der Waals surface area contributed by atoms with Gasteiger partial charge in [0.2, 0.25) is 5.82 Å². The zero-order valence-corrected chi connectivity index (χ0v) is 12.0. The predicted molar refractivity (Wildman–Crippen MR) is 74.6 cm³/mol. The summed E-state index contributed by atoms with van der Waals surface area (Å²) in [6.07, 6.45) is 1.35. The summed E-state index contributed by atoms with van der Waals surface area (Å²) in [7, 11) is 0. The van der Waals surface area contributed by atoms with Crippen molar-refractivity contribution in [3.05, 3.63) is 26.6 Å². The summed E-state index contributed by atoms with van der Waals surface area (Å²) in [5, 5.41) is 9.46. The Morgan fingerprint density at radius 2 is 2.25 bits per heavy atom. The number of hydrogen-bond donors (Lipinski definition) is 2. The molecule has 20 heavy (non-hydrogen) atoms. The van der Waals surface area contributed by atoms with Crippen LogP contribution in [0.1, 0.15) is 34.9 Å². The maximum absolute atomic E-state index is 12.2. The van der Waals surface area contributed by atoms with E-state index in [0.717, 1.165) is 16.9 Å². The first-order valence-electron chi connectivity index (χ1n) is 6.29. The number of nitrogens with one attached hydrogen (secondary N) is 1. The molecule has 3 heterocycles. The molecule has 1 aliphatic rings. The molecule has 1 aliphatic heterocycles. The highest BCUT2D eigenvalue weighted by atomic mass is 32.1. The maximum atomic E-state index is 12.2. The van der Waals surface area contributed by atoms with Crippen molar-refractivity contribution in [1.29, 1.82) is 0 Å². The van der Waals surface area contributed by atoms with Gasteiger partial charge in [0.15, 0.2) is 0 Å². The normalized spacial score (nSPS) is 17.7. The van der Waals surface area contributed by atoms with Crippen LogP contribution in [-0.4, -0.2) is 33.3 Å². The van der Waals surface area contributed by atoms with E-state index < -0.39 is 5.97 Å². The Morgan fingerprint density at radius 1 is 1.50 bits per heavy atom. The van der Waals surface area contributed by atoms with Crippen LogP contribution in [0.2, 0.25) is 0 Å². The number of carboxylic acids is 1. The Labute approximate surface area is 118 Å². The lowest BCUT2D eigenvalue weighted by atomic mass is 9.97. The molecule has 0 unspecified atom stereocenters. The molecule has 0 spiro atoms. The zero-order chi connectivity index (χ0) is 14.5. The fourth-order valence-corrected chi connectivity index (χ4v) is 3.67. The Bertz CT molecular complexity index is 760. The largest absolute Gasteiger partial charge is 0.475 e. The number of ether oxygens (including phenoxy) is 1. The molecule has 6 nitrogen and oxygen atoms in total. The van der Waals surface area contributed by atoms with Gasteiger partial charge in [0, 0.05) is 17.7 Å². The smallest absolute Gasteiger partial charge is 0.372 e.